The molecule has 0 bridgehead atoms. The number of fused-ring (bicyclic) bond motifs is 1. The number of hydrogen-bond acceptors (Lipinski definition) is 2. The molecule has 14 heavy (non-hydrogen) atoms. The van der Waals surface area contributed by atoms with Crippen LogP contribution >= 0.6 is 0 Å². The van der Waals surface area contributed by atoms with Crippen molar-refractivity contribution >= 4 is 0 Å². The molecule has 3 unspecified atom stereocenters. The van der Waals surface area contributed by atoms with Crippen LogP contribution in [0.25, 0.3) is 0 Å². The number of nitrogens with two attached hydrogens (primary N) is 1. The maximum atomic E-state index is 6.02. The van der Waals surface area contributed by atoms with Gasteiger partial charge >= 0.3 is 0 Å². The third-order valence-corrected chi connectivity index (χ3v) is 3.06. The highest BCUT2D eigenvalue weighted by Crippen LogP contribution is 2.38. The van der Waals surface area contributed by atoms with Gasteiger partial charge in [0.1, 0.15) is 11.9 Å². The summed E-state index contributed by atoms with van der Waals surface area (Å²) in [5, 5.41) is 0. The van der Waals surface area contributed by atoms with Gasteiger partial charge in [-0.25, -0.2) is 0 Å². The summed E-state index contributed by atoms with van der Waals surface area (Å²) in [6.07, 6.45) is 1.11. The van der Waals surface area contributed by atoms with Crippen LogP contribution in [0.2, 0.25) is 0 Å². The Kier molecular flexibility index (Phi) is 2.46. The molecule has 1 aliphatic heterocycles. The predicted molar refractivity (Wildman–Crippen MR) is 57.5 cm³/mol. The number of para-hydroxylation sites is 1. The maximum absolute atomic E-state index is 6.02. The lowest BCUT2D eigenvalue weighted by atomic mass is 9.92. The van der Waals surface area contributed by atoms with Gasteiger partial charge in [-0.1, -0.05) is 32.0 Å². The van der Waals surface area contributed by atoms with E-state index in [2.05, 4.69) is 26.0 Å². The summed E-state index contributed by atoms with van der Waals surface area (Å²) in [5.41, 5.74) is 7.32. The zero-order chi connectivity index (χ0) is 10.1. The van der Waals surface area contributed by atoms with Crippen molar-refractivity contribution < 1.29 is 4.74 Å². The van der Waals surface area contributed by atoms with Gasteiger partial charge in [-0.15, -0.1) is 0 Å². The second-order valence-corrected chi connectivity index (χ2v) is 3.98. The Bertz CT molecular complexity index is 324. The molecular formula is C12H17NO. The first-order valence-electron chi connectivity index (χ1n) is 5.25. The van der Waals surface area contributed by atoms with Crippen molar-refractivity contribution in [1.82, 2.24) is 0 Å². The fraction of sp³-hybridized carbons (Fsp3) is 0.500. The Labute approximate surface area is 85.1 Å². The van der Waals surface area contributed by atoms with Gasteiger partial charge in [-0.05, 0) is 12.5 Å². The van der Waals surface area contributed by atoms with Gasteiger partial charge in [0.2, 0.25) is 0 Å². The summed E-state index contributed by atoms with van der Waals surface area (Å²) >= 11 is 0. The molecule has 0 aromatic heterocycles. The number of rotatable bonds is 2. The second kappa shape index (κ2) is 3.62. The summed E-state index contributed by atoms with van der Waals surface area (Å²) in [6.45, 7) is 4.29. The first kappa shape index (κ1) is 9.53. The molecule has 1 aliphatic rings. The molecule has 0 saturated carbocycles. The van der Waals surface area contributed by atoms with E-state index in [9.17, 15) is 0 Å². The minimum atomic E-state index is 0.136. The zero-order valence-corrected chi connectivity index (χ0v) is 8.73. The Morgan fingerprint density at radius 3 is 2.79 bits per heavy atom. The van der Waals surface area contributed by atoms with Crippen molar-refractivity contribution in [3.63, 3.8) is 0 Å². The number of hydrogen-bond donors (Lipinski definition) is 1. The van der Waals surface area contributed by atoms with Crippen molar-refractivity contribution in [3.8, 4) is 5.75 Å². The van der Waals surface area contributed by atoms with Crippen LogP contribution < -0.4 is 10.5 Å². The van der Waals surface area contributed by atoms with Gasteiger partial charge in [-0.3, -0.25) is 0 Å². The number of benzene rings is 1. The Balaban J connectivity index is 2.25. The van der Waals surface area contributed by atoms with Crippen LogP contribution in [0.3, 0.4) is 0 Å². The molecule has 1 aromatic rings. The molecule has 0 amide bonds. The summed E-state index contributed by atoms with van der Waals surface area (Å²) in [7, 11) is 0. The van der Waals surface area contributed by atoms with Crippen molar-refractivity contribution in [2.45, 2.75) is 38.3 Å². The lowest BCUT2D eigenvalue weighted by molar-refractivity contribution is 0.175. The molecular weight excluding hydrogens is 174 g/mol. The second-order valence-electron chi connectivity index (χ2n) is 3.98. The van der Waals surface area contributed by atoms with Gasteiger partial charge < -0.3 is 10.5 Å². The summed E-state index contributed by atoms with van der Waals surface area (Å²) < 4.78 is 5.85. The van der Waals surface area contributed by atoms with Crippen LogP contribution in [0.15, 0.2) is 24.3 Å². The van der Waals surface area contributed by atoms with Crippen molar-refractivity contribution in [2.75, 3.05) is 0 Å². The van der Waals surface area contributed by atoms with Crippen LogP contribution in [0.5, 0.6) is 5.75 Å². The van der Waals surface area contributed by atoms with E-state index in [1.165, 1.54) is 5.56 Å². The highest BCUT2D eigenvalue weighted by Gasteiger charge is 2.33. The van der Waals surface area contributed by atoms with Crippen LogP contribution in [0.4, 0.5) is 0 Å². The molecule has 2 heteroatoms. The molecule has 1 heterocycles. The normalized spacial score (nSPS) is 26.8. The summed E-state index contributed by atoms with van der Waals surface area (Å²) in [4.78, 5) is 0. The zero-order valence-electron chi connectivity index (χ0n) is 8.73. The van der Waals surface area contributed by atoms with E-state index >= 15 is 0 Å². The van der Waals surface area contributed by atoms with E-state index < -0.39 is 0 Å². The molecule has 0 radical (unpaired) electrons. The number of ether oxygens (including phenoxy) is 1. The summed E-state index contributed by atoms with van der Waals surface area (Å²) in [5.74, 6) is 1.43. The molecule has 0 aliphatic carbocycles. The highest BCUT2D eigenvalue weighted by molar-refractivity contribution is 5.40. The van der Waals surface area contributed by atoms with E-state index in [4.69, 9.17) is 10.5 Å². The minimum absolute atomic E-state index is 0.136. The standard InChI is InChI=1S/C12H17NO/c1-3-10(13)12-8(2)9-6-4-5-7-11(9)14-12/h4-8,10,12H,3,13H2,1-2H3. The van der Waals surface area contributed by atoms with Crippen LogP contribution in [0.1, 0.15) is 31.7 Å². The smallest absolute Gasteiger partial charge is 0.123 e. The lowest BCUT2D eigenvalue weighted by Crippen LogP contribution is -2.38. The summed E-state index contributed by atoms with van der Waals surface area (Å²) in [6, 6.07) is 8.35. The molecule has 1 aromatic carbocycles. The van der Waals surface area contributed by atoms with Crippen molar-refractivity contribution in [1.29, 1.82) is 0 Å². The maximum Gasteiger partial charge on any atom is 0.123 e. The van der Waals surface area contributed by atoms with Crippen molar-refractivity contribution in [2.24, 2.45) is 5.73 Å². The fourth-order valence-corrected chi connectivity index (χ4v) is 2.08. The van der Waals surface area contributed by atoms with E-state index in [1.54, 1.807) is 0 Å². The molecule has 3 atom stereocenters. The van der Waals surface area contributed by atoms with Gasteiger partial charge in [0.05, 0.1) is 0 Å². The third kappa shape index (κ3) is 1.40. The average molecular weight is 191 g/mol. The molecule has 0 saturated heterocycles. The topological polar surface area (TPSA) is 35.2 Å². The molecule has 2 rings (SSSR count). The first-order valence-corrected chi connectivity index (χ1v) is 5.25. The monoisotopic (exact) mass is 191 g/mol. The molecule has 2 N–H and O–H groups in total. The first-order chi connectivity index (χ1) is 6.74. The lowest BCUT2D eigenvalue weighted by Gasteiger charge is -2.21. The highest BCUT2D eigenvalue weighted by atomic mass is 16.5. The van der Waals surface area contributed by atoms with Crippen molar-refractivity contribution in [3.05, 3.63) is 29.8 Å². The van der Waals surface area contributed by atoms with Crippen LogP contribution in [0, 0.1) is 0 Å². The van der Waals surface area contributed by atoms with E-state index in [-0.39, 0.29) is 12.1 Å². The Morgan fingerprint density at radius 1 is 1.43 bits per heavy atom. The predicted octanol–water partition coefficient (Wildman–Crippen LogP) is 2.29. The molecule has 2 nitrogen and oxygen atoms in total. The fourth-order valence-electron chi connectivity index (χ4n) is 2.08. The molecule has 0 spiro atoms. The van der Waals surface area contributed by atoms with Gasteiger partial charge in [0, 0.05) is 17.5 Å². The van der Waals surface area contributed by atoms with Gasteiger partial charge in [0.15, 0.2) is 0 Å². The minimum Gasteiger partial charge on any atom is -0.488 e. The largest absolute Gasteiger partial charge is 0.488 e. The van der Waals surface area contributed by atoms with E-state index in [1.807, 2.05) is 12.1 Å². The third-order valence-electron chi connectivity index (χ3n) is 3.06. The SMILES string of the molecule is CCC(N)C1Oc2ccccc2C1C. The van der Waals surface area contributed by atoms with Crippen LogP contribution in [-0.4, -0.2) is 12.1 Å². The Hall–Kier alpha value is -1.02. The van der Waals surface area contributed by atoms with Gasteiger partial charge in [0.25, 0.3) is 0 Å². The quantitative estimate of drug-likeness (QED) is 0.778. The van der Waals surface area contributed by atoms with E-state index in [0.717, 1.165) is 12.2 Å². The van der Waals surface area contributed by atoms with Crippen LogP contribution in [-0.2, 0) is 0 Å². The van der Waals surface area contributed by atoms with Gasteiger partial charge in [-0.2, -0.15) is 0 Å². The average Bonchev–Trinajstić information content (AvgIpc) is 2.56. The molecule has 0 fully saturated rings. The van der Waals surface area contributed by atoms with E-state index in [0.29, 0.717) is 5.92 Å². The Morgan fingerprint density at radius 2 is 2.14 bits per heavy atom. The molecule has 76 valence electrons.